The smallest absolute Gasteiger partial charge is 0.445 e. The molecule has 0 saturated carbocycles. The molecular weight excluding hydrogens is 641 g/mol. The summed E-state index contributed by atoms with van der Waals surface area (Å²) in [5, 5.41) is 4.00. The Bertz CT molecular complexity index is 1610. The molecule has 4 aromatic rings. The molecule has 44 heavy (non-hydrogen) atoms. The van der Waals surface area contributed by atoms with Gasteiger partial charge in [0.15, 0.2) is 5.82 Å². The van der Waals surface area contributed by atoms with Crippen LogP contribution in [0.2, 0.25) is 0 Å². The van der Waals surface area contributed by atoms with Crippen molar-refractivity contribution in [2.75, 3.05) is 18.0 Å². The van der Waals surface area contributed by atoms with Crippen molar-refractivity contribution >= 4 is 33.6 Å². The zero-order valence-electron chi connectivity index (χ0n) is 23.4. The number of ether oxygens (including phenoxy) is 1. The fourth-order valence-electron chi connectivity index (χ4n) is 4.87. The predicted octanol–water partition coefficient (Wildman–Crippen LogP) is 7.34. The molecule has 8 nitrogen and oxygen atoms in total. The van der Waals surface area contributed by atoms with Crippen LogP contribution >= 0.6 is 15.9 Å². The number of carbonyl (C=O) groups excluding carboxylic acids is 2. The van der Waals surface area contributed by atoms with Crippen molar-refractivity contribution in [3.05, 3.63) is 112 Å². The molecule has 1 atom stereocenters. The van der Waals surface area contributed by atoms with Crippen molar-refractivity contribution in [3.8, 4) is 11.5 Å². The Morgan fingerprint density at radius 2 is 1.75 bits per heavy atom. The molecule has 1 aliphatic heterocycles. The van der Waals surface area contributed by atoms with Gasteiger partial charge in [-0.15, -0.1) is 0 Å². The van der Waals surface area contributed by atoms with Gasteiger partial charge >= 0.3 is 18.2 Å². The normalized spacial score (nSPS) is 15.1. The first-order valence-corrected chi connectivity index (χ1v) is 14.7. The molecule has 0 N–H and O–H groups in total. The summed E-state index contributed by atoms with van der Waals surface area (Å²) in [4.78, 5) is 31.8. The number of rotatable bonds is 9. The number of halogens is 4. The lowest BCUT2D eigenvalue weighted by atomic mass is 10.1. The molecule has 0 unspecified atom stereocenters. The Hall–Kier alpha value is -4.45. The summed E-state index contributed by atoms with van der Waals surface area (Å²) in [6.07, 6.45) is -0.711. The highest BCUT2D eigenvalue weighted by atomic mass is 79.9. The Morgan fingerprint density at radius 3 is 2.43 bits per heavy atom. The number of likely N-dealkylation sites (tertiary alicyclic amines) is 1. The lowest BCUT2D eigenvalue weighted by molar-refractivity contribution is -0.170. The van der Waals surface area contributed by atoms with Crippen LogP contribution in [-0.2, 0) is 22.6 Å². The van der Waals surface area contributed by atoms with Crippen LogP contribution < -0.4 is 4.90 Å². The van der Waals surface area contributed by atoms with Gasteiger partial charge in [-0.1, -0.05) is 78.0 Å². The SMILES string of the molecule is O=C(OCc1ccccc1)N1CCC[C@@H]1/C=C\CN(C(=O)C(F)(F)F)c1ccc(-c2nc(Cc3ccccc3)no2)cc1Br. The molecule has 5 rings (SSSR count). The number of aromatic nitrogens is 2. The second kappa shape index (κ2) is 13.9. The average Bonchev–Trinajstić information content (AvgIpc) is 3.69. The molecule has 228 valence electrons. The van der Waals surface area contributed by atoms with Crippen LogP contribution in [0.5, 0.6) is 0 Å². The monoisotopic (exact) mass is 668 g/mol. The van der Waals surface area contributed by atoms with Crippen molar-refractivity contribution in [1.82, 2.24) is 15.0 Å². The predicted molar refractivity (Wildman–Crippen MR) is 161 cm³/mol. The van der Waals surface area contributed by atoms with Crippen molar-refractivity contribution in [2.45, 2.75) is 38.1 Å². The van der Waals surface area contributed by atoms with Gasteiger partial charge in [0, 0.05) is 29.5 Å². The van der Waals surface area contributed by atoms with Crippen LogP contribution in [-0.4, -0.2) is 52.3 Å². The molecule has 1 saturated heterocycles. The van der Waals surface area contributed by atoms with Gasteiger partial charge in [0.05, 0.1) is 11.7 Å². The zero-order chi connectivity index (χ0) is 31.1. The molecule has 1 fully saturated rings. The van der Waals surface area contributed by atoms with Crippen molar-refractivity contribution < 1.29 is 32.0 Å². The number of nitrogens with zero attached hydrogens (tertiary/aromatic N) is 4. The summed E-state index contributed by atoms with van der Waals surface area (Å²) in [7, 11) is 0. The minimum Gasteiger partial charge on any atom is -0.445 e. The van der Waals surface area contributed by atoms with Gasteiger partial charge in [0.2, 0.25) is 0 Å². The summed E-state index contributed by atoms with van der Waals surface area (Å²) in [5.74, 6) is -1.38. The van der Waals surface area contributed by atoms with Gasteiger partial charge in [0.25, 0.3) is 5.89 Å². The fourth-order valence-corrected chi connectivity index (χ4v) is 5.46. The molecule has 1 aliphatic rings. The summed E-state index contributed by atoms with van der Waals surface area (Å²) in [6.45, 7) is 0.202. The van der Waals surface area contributed by atoms with Gasteiger partial charge in [-0.3, -0.25) is 9.69 Å². The van der Waals surface area contributed by atoms with E-state index in [0.717, 1.165) is 17.5 Å². The van der Waals surface area contributed by atoms with E-state index in [2.05, 4.69) is 26.1 Å². The maximum Gasteiger partial charge on any atom is 0.471 e. The number of alkyl halides is 3. The Labute approximate surface area is 260 Å². The summed E-state index contributed by atoms with van der Waals surface area (Å²) < 4.78 is 51.9. The molecule has 0 spiro atoms. The highest BCUT2D eigenvalue weighted by Gasteiger charge is 2.43. The molecule has 1 aromatic heterocycles. The second-order valence-corrected chi connectivity index (χ2v) is 11.0. The second-order valence-electron chi connectivity index (χ2n) is 10.1. The Kier molecular flexibility index (Phi) is 9.78. The van der Waals surface area contributed by atoms with E-state index in [4.69, 9.17) is 9.26 Å². The zero-order valence-corrected chi connectivity index (χ0v) is 25.0. The molecule has 12 heteroatoms. The van der Waals surface area contributed by atoms with Crippen LogP contribution in [0.4, 0.5) is 23.7 Å². The van der Waals surface area contributed by atoms with Crippen molar-refractivity contribution in [2.24, 2.45) is 0 Å². The first kappa shape index (κ1) is 31.0. The standard InChI is InChI=1S/C32H28BrF3N4O4/c33-26-20-24(29-37-28(38-44-29)19-22-9-3-1-4-10-22)15-16-27(26)40(30(41)32(34,35)36)18-8-14-25-13-7-17-39(25)31(42)43-21-23-11-5-2-6-12-23/h1-6,8-12,14-16,20,25H,7,13,17-19,21H2/b14-8-/t25-/m1/s1. The van der Waals surface area contributed by atoms with Gasteiger partial charge in [0.1, 0.15) is 6.61 Å². The first-order chi connectivity index (χ1) is 21.2. The third-order valence-electron chi connectivity index (χ3n) is 7.03. The Balaban J connectivity index is 1.28. The highest BCUT2D eigenvalue weighted by Crippen LogP contribution is 2.34. The van der Waals surface area contributed by atoms with E-state index in [1.54, 1.807) is 6.08 Å². The number of carbonyl (C=O) groups is 2. The highest BCUT2D eigenvalue weighted by molar-refractivity contribution is 9.10. The number of benzene rings is 3. The van der Waals surface area contributed by atoms with Gasteiger partial charge < -0.3 is 14.2 Å². The van der Waals surface area contributed by atoms with Crippen LogP contribution in [0.25, 0.3) is 11.5 Å². The summed E-state index contributed by atoms with van der Waals surface area (Å²) in [6, 6.07) is 22.9. The Morgan fingerprint density at radius 1 is 1.05 bits per heavy atom. The van der Waals surface area contributed by atoms with E-state index in [1.807, 2.05) is 60.7 Å². The van der Waals surface area contributed by atoms with Crippen molar-refractivity contribution in [3.63, 3.8) is 0 Å². The molecule has 3 aromatic carbocycles. The third kappa shape index (κ3) is 7.73. The van der Waals surface area contributed by atoms with E-state index in [9.17, 15) is 22.8 Å². The topological polar surface area (TPSA) is 88.8 Å². The van der Waals surface area contributed by atoms with Crippen LogP contribution in [0.3, 0.4) is 0 Å². The maximum absolute atomic E-state index is 13.6. The van der Waals surface area contributed by atoms with Crippen LogP contribution in [0.1, 0.15) is 29.8 Å². The van der Waals surface area contributed by atoms with E-state index in [1.165, 1.54) is 29.2 Å². The molecule has 0 bridgehead atoms. The lowest BCUT2D eigenvalue weighted by Crippen LogP contribution is -2.41. The maximum atomic E-state index is 13.6. The number of hydrogen-bond acceptors (Lipinski definition) is 6. The fraction of sp³-hybridized carbons (Fsp3) is 0.250. The largest absolute Gasteiger partial charge is 0.471 e. The number of amides is 2. The van der Waals surface area contributed by atoms with Gasteiger partial charge in [-0.05, 0) is 58.1 Å². The summed E-state index contributed by atoms with van der Waals surface area (Å²) >= 11 is 3.32. The van der Waals surface area contributed by atoms with E-state index >= 15 is 0 Å². The van der Waals surface area contributed by atoms with E-state index in [-0.39, 0.29) is 35.2 Å². The van der Waals surface area contributed by atoms with E-state index in [0.29, 0.717) is 35.7 Å². The van der Waals surface area contributed by atoms with Gasteiger partial charge in [-0.25, -0.2) is 4.79 Å². The van der Waals surface area contributed by atoms with E-state index < -0.39 is 18.2 Å². The van der Waals surface area contributed by atoms with Crippen molar-refractivity contribution in [1.29, 1.82) is 0 Å². The first-order valence-electron chi connectivity index (χ1n) is 13.9. The molecule has 2 amide bonds. The van der Waals surface area contributed by atoms with Gasteiger partial charge in [-0.2, -0.15) is 18.2 Å². The number of hydrogen-bond donors (Lipinski definition) is 0. The minimum atomic E-state index is -5.11. The minimum absolute atomic E-state index is 0.00954. The molecule has 0 radical (unpaired) electrons. The van der Waals surface area contributed by atoms with Crippen LogP contribution in [0.15, 0.2) is 100 Å². The molecule has 0 aliphatic carbocycles. The molecular formula is C32H28BrF3N4O4. The lowest BCUT2D eigenvalue weighted by Gasteiger charge is -2.25. The molecule has 2 heterocycles. The average molecular weight is 669 g/mol. The summed E-state index contributed by atoms with van der Waals surface area (Å²) in [5.41, 5.74) is 2.32. The third-order valence-corrected chi connectivity index (χ3v) is 7.67. The quantitative estimate of drug-likeness (QED) is 0.173. The number of anilines is 1. The van der Waals surface area contributed by atoms with Crippen LogP contribution in [0, 0.1) is 0 Å².